The minimum absolute atomic E-state index is 0.252. The number of rotatable bonds is 7. The Morgan fingerprint density at radius 1 is 1.04 bits per heavy atom. The number of aryl methyl sites for hydroxylation is 2. The van der Waals surface area contributed by atoms with Gasteiger partial charge >= 0.3 is 0 Å². The first-order valence-corrected chi connectivity index (χ1v) is 8.49. The number of ether oxygens (including phenoxy) is 2. The third kappa shape index (κ3) is 5.51. The Bertz CT molecular complexity index is 774. The Kier molecular flexibility index (Phi) is 7.02. The molecule has 0 spiro atoms. The lowest BCUT2D eigenvalue weighted by Gasteiger charge is -2.11. The van der Waals surface area contributed by atoms with Gasteiger partial charge in [-0.3, -0.25) is 20.4 Å². The van der Waals surface area contributed by atoms with Crippen LogP contribution in [0.15, 0.2) is 42.5 Å². The number of methoxy groups -OCH3 is 1. The summed E-state index contributed by atoms with van der Waals surface area (Å²) in [5.41, 5.74) is 7.45. The second-order valence-corrected chi connectivity index (χ2v) is 5.79. The predicted octanol–water partition coefficient (Wildman–Crippen LogP) is 2.80. The van der Waals surface area contributed by atoms with Gasteiger partial charge in [-0.25, -0.2) is 0 Å². The van der Waals surface area contributed by atoms with Gasteiger partial charge in [0.2, 0.25) is 5.91 Å². The molecule has 0 fully saturated rings. The summed E-state index contributed by atoms with van der Waals surface area (Å²) in [7, 11) is 1.51. The van der Waals surface area contributed by atoms with Gasteiger partial charge in [-0.1, -0.05) is 29.8 Å². The summed E-state index contributed by atoms with van der Waals surface area (Å²) in [6, 6.07) is 12.8. The molecule has 138 valence electrons. The molecule has 2 aromatic rings. The van der Waals surface area contributed by atoms with E-state index in [2.05, 4.69) is 10.9 Å². The molecule has 2 N–H and O–H groups in total. The molecule has 0 radical (unpaired) electrons. The van der Waals surface area contributed by atoms with Crippen molar-refractivity contribution in [1.29, 1.82) is 0 Å². The number of hydrogen-bond donors (Lipinski definition) is 2. The van der Waals surface area contributed by atoms with E-state index in [1.807, 2.05) is 38.1 Å². The number of carbonyl (C=O) groups is 2. The summed E-state index contributed by atoms with van der Waals surface area (Å²) >= 11 is 0. The second-order valence-electron chi connectivity index (χ2n) is 5.79. The van der Waals surface area contributed by atoms with Crippen molar-refractivity contribution < 1.29 is 19.1 Å². The molecule has 0 aliphatic rings. The predicted molar refractivity (Wildman–Crippen MR) is 99.3 cm³/mol. The first-order chi connectivity index (χ1) is 12.5. The first kappa shape index (κ1) is 19.3. The SMILES string of the molecule is CCOc1ccc(C(=O)NNC(=O)CCc2cccc(C)c2)cc1OC. The molecule has 6 heteroatoms. The maximum atomic E-state index is 12.2. The van der Waals surface area contributed by atoms with Crippen molar-refractivity contribution >= 4 is 11.8 Å². The molecule has 0 heterocycles. The highest BCUT2D eigenvalue weighted by Gasteiger charge is 2.12. The lowest BCUT2D eigenvalue weighted by atomic mass is 10.1. The fourth-order valence-corrected chi connectivity index (χ4v) is 2.47. The zero-order chi connectivity index (χ0) is 18.9. The highest BCUT2D eigenvalue weighted by Crippen LogP contribution is 2.27. The highest BCUT2D eigenvalue weighted by atomic mass is 16.5. The maximum Gasteiger partial charge on any atom is 0.269 e. The maximum absolute atomic E-state index is 12.2. The fourth-order valence-electron chi connectivity index (χ4n) is 2.47. The quantitative estimate of drug-likeness (QED) is 0.748. The fraction of sp³-hybridized carbons (Fsp3) is 0.300. The Morgan fingerprint density at radius 2 is 1.85 bits per heavy atom. The van der Waals surface area contributed by atoms with Gasteiger partial charge in [0.25, 0.3) is 5.91 Å². The number of carbonyl (C=O) groups excluding carboxylic acids is 2. The number of hydrogen-bond acceptors (Lipinski definition) is 4. The summed E-state index contributed by atoms with van der Waals surface area (Å²) in [5, 5.41) is 0. The standard InChI is InChI=1S/C20H24N2O4/c1-4-26-17-10-9-16(13-18(17)25-3)20(24)22-21-19(23)11-8-15-7-5-6-14(2)12-15/h5-7,9-10,12-13H,4,8,11H2,1-3H3,(H,21,23)(H,22,24). The summed E-state index contributed by atoms with van der Waals surface area (Å²) in [6.07, 6.45) is 0.899. The molecule has 0 aromatic heterocycles. The van der Waals surface area contributed by atoms with Gasteiger partial charge in [-0.2, -0.15) is 0 Å². The van der Waals surface area contributed by atoms with Crippen LogP contribution in [0.3, 0.4) is 0 Å². The van der Waals surface area contributed by atoms with E-state index in [1.54, 1.807) is 18.2 Å². The van der Waals surface area contributed by atoms with E-state index in [1.165, 1.54) is 7.11 Å². The van der Waals surface area contributed by atoms with E-state index in [0.717, 1.165) is 11.1 Å². The van der Waals surface area contributed by atoms with Crippen molar-refractivity contribution in [2.24, 2.45) is 0 Å². The Balaban J connectivity index is 1.86. The number of amides is 2. The molecule has 26 heavy (non-hydrogen) atoms. The van der Waals surface area contributed by atoms with Gasteiger partial charge in [0.15, 0.2) is 11.5 Å². The lowest BCUT2D eigenvalue weighted by Crippen LogP contribution is -2.41. The molecule has 0 saturated carbocycles. The van der Waals surface area contributed by atoms with Crippen molar-refractivity contribution in [2.75, 3.05) is 13.7 Å². The van der Waals surface area contributed by atoms with E-state index in [0.29, 0.717) is 30.1 Å². The van der Waals surface area contributed by atoms with Crippen LogP contribution in [0.25, 0.3) is 0 Å². The minimum Gasteiger partial charge on any atom is -0.493 e. The van der Waals surface area contributed by atoms with Crippen LogP contribution in [0.5, 0.6) is 11.5 Å². The van der Waals surface area contributed by atoms with E-state index in [9.17, 15) is 9.59 Å². The molecule has 2 aromatic carbocycles. The molecule has 2 rings (SSSR count). The monoisotopic (exact) mass is 356 g/mol. The Morgan fingerprint density at radius 3 is 2.54 bits per heavy atom. The highest BCUT2D eigenvalue weighted by molar-refractivity contribution is 5.96. The number of hydrazine groups is 1. The van der Waals surface area contributed by atoms with Crippen molar-refractivity contribution in [3.63, 3.8) is 0 Å². The van der Waals surface area contributed by atoms with Crippen LogP contribution in [0.4, 0.5) is 0 Å². The molecular formula is C20H24N2O4. The summed E-state index contributed by atoms with van der Waals surface area (Å²) < 4.78 is 10.6. The molecule has 0 saturated heterocycles. The Hall–Kier alpha value is -3.02. The zero-order valence-electron chi connectivity index (χ0n) is 15.3. The second kappa shape index (κ2) is 9.46. The van der Waals surface area contributed by atoms with E-state index in [4.69, 9.17) is 9.47 Å². The minimum atomic E-state index is -0.421. The zero-order valence-corrected chi connectivity index (χ0v) is 15.3. The van der Waals surface area contributed by atoms with Crippen LogP contribution in [0.1, 0.15) is 34.8 Å². The van der Waals surface area contributed by atoms with Crippen LogP contribution in [-0.2, 0) is 11.2 Å². The topological polar surface area (TPSA) is 76.7 Å². The normalized spacial score (nSPS) is 10.1. The third-order valence-corrected chi connectivity index (χ3v) is 3.76. The van der Waals surface area contributed by atoms with Crippen LogP contribution in [0.2, 0.25) is 0 Å². The summed E-state index contributed by atoms with van der Waals surface area (Å²) in [6.45, 7) is 4.38. The molecule has 2 amide bonds. The van der Waals surface area contributed by atoms with Gasteiger partial charge in [0.1, 0.15) is 0 Å². The van der Waals surface area contributed by atoms with Crippen LogP contribution in [-0.4, -0.2) is 25.5 Å². The summed E-state index contributed by atoms with van der Waals surface area (Å²) in [4.78, 5) is 24.1. The molecular weight excluding hydrogens is 332 g/mol. The van der Waals surface area contributed by atoms with Crippen molar-refractivity contribution in [1.82, 2.24) is 10.9 Å². The number of benzene rings is 2. The van der Waals surface area contributed by atoms with Crippen LogP contribution in [0, 0.1) is 6.92 Å². The molecule has 0 bridgehead atoms. The molecule has 0 atom stereocenters. The van der Waals surface area contributed by atoms with E-state index in [-0.39, 0.29) is 12.3 Å². The average Bonchev–Trinajstić information content (AvgIpc) is 2.65. The molecule has 0 aliphatic carbocycles. The number of nitrogens with one attached hydrogen (secondary N) is 2. The third-order valence-electron chi connectivity index (χ3n) is 3.76. The molecule has 0 aliphatic heterocycles. The van der Waals surface area contributed by atoms with E-state index >= 15 is 0 Å². The Labute approximate surface area is 153 Å². The molecule has 0 unspecified atom stereocenters. The van der Waals surface area contributed by atoms with Crippen molar-refractivity contribution in [3.05, 3.63) is 59.2 Å². The van der Waals surface area contributed by atoms with Gasteiger partial charge in [0.05, 0.1) is 13.7 Å². The average molecular weight is 356 g/mol. The van der Waals surface area contributed by atoms with Crippen LogP contribution >= 0.6 is 0 Å². The largest absolute Gasteiger partial charge is 0.493 e. The summed E-state index contributed by atoms with van der Waals surface area (Å²) in [5.74, 6) is 0.354. The van der Waals surface area contributed by atoms with Crippen molar-refractivity contribution in [2.45, 2.75) is 26.7 Å². The van der Waals surface area contributed by atoms with Crippen molar-refractivity contribution in [3.8, 4) is 11.5 Å². The van der Waals surface area contributed by atoms with E-state index < -0.39 is 5.91 Å². The van der Waals surface area contributed by atoms with Gasteiger partial charge in [-0.05, 0) is 44.0 Å². The lowest BCUT2D eigenvalue weighted by molar-refractivity contribution is -0.121. The van der Waals surface area contributed by atoms with Gasteiger partial charge in [-0.15, -0.1) is 0 Å². The van der Waals surface area contributed by atoms with Gasteiger partial charge in [0, 0.05) is 12.0 Å². The first-order valence-electron chi connectivity index (χ1n) is 8.49. The van der Waals surface area contributed by atoms with Gasteiger partial charge < -0.3 is 9.47 Å². The van der Waals surface area contributed by atoms with Crippen LogP contribution < -0.4 is 20.3 Å². The molecule has 6 nitrogen and oxygen atoms in total. The smallest absolute Gasteiger partial charge is 0.269 e.